The molecule has 4 aromatic carbocycles. The number of halogens is 1. The number of nitrogens with one attached hydrogen (secondary N) is 1. The lowest BCUT2D eigenvalue weighted by Gasteiger charge is -2.34. The van der Waals surface area contributed by atoms with Gasteiger partial charge in [-0.05, 0) is 104 Å². The van der Waals surface area contributed by atoms with Crippen molar-refractivity contribution < 1.29 is 28.6 Å². The van der Waals surface area contributed by atoms with E-state index in [0.29, 0.717) is 47.2 Å². The van der Waals surface area contributed by atoms with E-state index in [1.807, 2.05) is 36.1 Å². The molecule has 10 nitrogen and oxygen atoms in total. The molecule has 1 aliphatic rings. The molecule has 0 saturated carbocycles. The molecule has 1 aliphatic heterocycles. The van der Waals surface area contributed by atoms with Crippen molar-refractivity contribution in [3.8, 4) is 17.2 Å². The number of carbonyl (C=O) groups excluding carboxylic acids is 3. The molecule has 53 heavy (non-hydrogen) atoms. The van der Waals surface area contributed by atoms with Gasteiger partial charge in [-0.3, -0.25) is 14.4 Å². The van der Waals surface area contributed by atoms with E-state index in [0.717, 1.165) is 36.8 Å². The lowest BCUT2D eigenvalue weighted by molar-refractivity contribution is -0.00173. The molecule has 0 saturated heterocycles. The SMILES string of the molecule is CCCCN(CCCC)C(=O)c1cc(C)n(-c2ccc(NC(=O)c3ccc(Oc4ccc(F)cc4)cc3)cc2C(=O)N2Cc3ccccc3C[C@H]2O)n1. The zero-order valence-electron chi connectivity index (χ0n) is 30.2. The van der Waals surface area contributed by atoms with Gasteiger partial charge in [-0.25, -0.2) is 9.07 Å². The summed E-state index contributed by atoms with van der Waals surface area (Å²) in [7, 11) is 0. The van der Waals surface area contributed by atoms with E-state index in [1.54, 1.807) is 53.2 Å². The highest BCUT2D eigenvalue weighted by Crippen LogP contribution is 2.29. The minimum Gasteiger partial charge on any atom is -0.457 e. The number of nitrogens with zero attached hydrogens (tertiary/aromatic N) is 4. The highest BCUT2D eigenvalue weighted by atomic mass is 19.1. The van der Waals surface area contributed by atoms with Crippen molar-refractivity contribution in [3.05, 3.63) is 137 Å². The fourth-order valence-corrected chi connectivity index (χ4v) is 6.35. The first kappa shape index (κ1) is 37.0. The van der Waals surface area contributed by atoms with Crippen LogP contribution in [0.5, 0.6) is 11.5 Å². The second kappa shape index (κ2) is 16.7. The number of aromatic nitrogens is 2. The van der Waals surface area contributed by atoms with Crippen LogP contribution in [0.4, 0.5) is 10.1 Å². The summed E-state index contributed by atoms with van der Waals surface area (Å²) in [6.07, 6.45) is 2.90. The molecule has 0 radical (unpaired) electrons. The Hall–Kier alpha value is -5.81. The Bertz CT molecular complexity index is 2070. The van der Waals surface area contributed by atoms with Crippen LogP contribution in [0.1, 0.15) is 87.6 Å². The molecule has 6 rings (SSSR count). The lowest BCUT2D eigenvalue weighted by Crippen LogP contribution is -2.44. The van der Waals surface area contributed by atoms with Crippen molar-refractivity contribution in [2.24, 2.45) is 0 Å². The topological polar surface area (TPSA) is 117 Å². The Morgan fingerprint density at radius 1 is 0.887 bits per heavy atom. The van der Waals surface area contributed by atoms with Gasteiger partial charge in [0.1, 0.15) is 23.5 Å². The highest BCUT2D eigenvalue weighted by Gasteiger charge is 2.31. The van der Waals surface area contributed by atoms with Crippen molar-refractivity contribution in [3.63, 3.8) is 0 Å². The summed E-state index contributed by atoms with van der Waals surface area (Å²) in [6.45, 7) is 7.48. The van der Waals surface area contributed by atoms with Crippen molar-refractivity contribution in [2.45, 2.75) is 65.6 Å². The number of aryl methyl sites for hydroxylation is 1. The summed E-state index contributed by atoms with van der Waals surface area (Å²) in [6, 6.07) is 26.5. The van der Waals surface area contributed by atoms with Crippen LogP contribution >= 0.6 is 0 Å². The maximum absolute atomic E-state index is 14.4. The standard InChI is InChI=1S/C42H44FN5O5/c1-4-6-22-46(23-7-5-2)42(52)37-24-28(3)48(45-37)38-21-16-33(26-36(38)41(51)47-27-31-11-9-8-10-30(31)25-39(47)49)44-40(50)29-12-17-34(18-13-29)53-35-19-14-32(43)15-20-35/h8-21,24,26,39,49H,4-7,22-23,25,27H2,1-3H3,(H,44,50)/t39-/m1/s1. The molecule has 0 fully saturated rings. The van der Waals surface area contributed by atoms with Crippen LogP contribution in [0, 0.1) is 12.7 Å². The quantitative estimate of drug-likeness (QED) is 0.128. The Kier molecular flexibility index (Phi) is 11.6. The van der Waals surface area contributed by atoms with Crippen LogP contribution in [0.2, 0.25) is 0 Å². The molecule has 0 spiro atoms. The van der Waals surface area contributed by atoms with Crippen molar-refractivity contribution in [2.75, 3.05) is 18.4 Å². The van der Waals surface area contributed by atoms with Gasteiger partial charge in [-0.2, -0.15) is 5.10 Å². The number of carbonyl (C=O) groups is 3. The number of ether oxygens (including phenoxy) is 1. The number of rotatable bonds is 13. The third-order valence-electron chi connectivity index (χ3n) is 9.32. The monoisotopic (exact) mass is 717 g/mol. The molecule has 5 aromatic rings. The van der Waals surface area contributed by atoms with Crippen molar-refractivity contribution >= 4 is 23.4 Å². The number of unbranched alkanes of at least 4 members (excludes halogenated alkanes) is 2. The molecule has 2 N–H and O–H groups in total. The first-order valence-corrected chi connectivity index (χ1v) is 18.1. The smallest absolute Gasteiger partial charge is 0.274 e. The van der Waals surface area contributed by atoms with E-state index < -0.39 is 18.0 Å². The number of hydrogen-bond acceptors (Lipinski definition) is 6. The predicted molar refractivity (Wildman–Crippen MR) is 201 cm³/mol. The number of benzene rings is 4. The fourth-order valence-electron chi connectivity index (χ4n) is 6.35. The number of aliphatic hydroxyl groups excluding tert-OH is 1. The number of anilines is 1. The van der Waals surface area contributed by atoms with E-state index in [9.17, 15) is 23.9 Å². The minimum absolute atomic E-state index is 0.164. The first-order valence-electron chi connectivity index (χ1n) is 18.1. The van der Waals surface area contributed by atoms with E-state index in [1.165, 1.54) is 29.2 Å². The van der Waals surface area contributed by atoms with Gasteiger partial charge in [0.05, 0.1) is 11.3 Å². The molecular formula is C42H44FN5O5. The minimum atomic E-state index is -1.07. The molecule has 1 atom stereocenters. The third kappa shape index (κ3) is 8.64. The molecule has 0 bridgehead atoms. The summed E-state index contributed by atoms with van der Waals surface area (Å²) in [5.74, 6) is -0.473. The molecule has 3 amide bonds. The molecule has 2 heterocycles. The Balaban J connectivity index is 1.30. The predicted octanol–water partition coefficient (Wildman–Crippen LogP) is 7.92. The summed E-state index contributed by atoms with van der Waals surface area (Å²) < 4.78 is 20.6. The van der Waals surface area contributed by atoms with Crippen LogP contribution in [0.3, 0.4) is 0 Å². The maximum Gasteiger partial charge on any atom is 0.274 e. The third-order valence-corrected chi connectivity index (χ3v) is 9.32. The van der Waals surface area contributed by atoms with Gasteiger partial charge >= 0.3 is 0 Å². The number of aliphatic hydroxyl groups is 1. The summed E-state index contributed by atoms with van der Waals surface area (Å²) in [5, 5.41) is 18.8. The molecule has 1 aromatic heterocycles. The van der Waals surface area contributed by atoms with Crippen LogP contribution in [-0.2, 0) is 13.0 Å². The average molecular weight is 718 g/mol. The summed E-state index contributed by atoms with van der Waals surface area (Å²) >= 11 is 0. The van der Waals surface area contributed by atoms with Crippen LogP contribution < -0.4 is 10.1 Å². The van der Waals surface area contributed by atoms with Gasteiger partial charge in [0.25, 0.3) is 17.7 Å². The second-order valence-corrected chi connectivity index (χ2v) is 13.2. The van der Waals surface area contributed by atoms with E-state index in [-0.39, 0.29) is 35.9 Å². The average Bonchev–Trinajstić information content (AvgIpc) is 3.56. The zero-order valence-corrected chi connectivity index (χ0v) is 30.2. The van der Waals surface area contributed by atoms with Gasteiger partial charge in [-0.15, -0.1) is 0 Å². The van der Waals surface area contributed by atoms with Crippen molar-refractivity contribution in [1.82, 2.24) is 19.6 Å². The normalized spacial score (nSPS) is 13.7. The van der Waals surface area contributed by atoms with Gasteiger partial charge in [-0.1, -0.05) is 51.0 Å². The number of hydrogen-bond donors (Lipinski definition) is 2. The summed E-state index contributed by atoms with van der Waals surface area (Å²) in [5.41, 5.74) is 4.15. The summed E-state index contributed by atoms with van der Waals surface area (Å²) in [4.78, 5) is 44.8. The lowest BCUT2D eigenvalue weighted by atomic mass is 9.97. The molecule has 0 unspecified atom stereocenters. The molecule has 0 aliphatic carbocycles. The highest BCUT2D eigenvalue weighted by molar-refractivity contribution is 6.06. The van der Waals surface area contributed by atoms with Gasteiger partial charge in [0.2, 0.25) is 0 Å². The number of amides is 3. The first-order chi connectivity index (χ1) is 25.6. The van der Waals surface area contributed by atoms with Crippen molar-refractivity contribution in [1.29, 1.82) is 0 Å². The fraction of sp³-hybridized carbons (Fsp3) is 0.286. The number of fused-ring (bicyclic) bond motifs is 1. The Morgan fingerprint density at radius 2 is 1.53 bits per heavy atom. The van der Waals surface area contributed by atoms with Crippen LogP contribution in [0.15, 0.2) is 97.1 Å². The zero-order chi connectivity index (χ0) is 37.5. The van der Waals surface area contributed by atoms with Gasteiger partial charge in [0.15, 0.2) is 5.69 Å². The van der Waals surface area contributed by atoms with Gasteiger partial charge in [0, 0.05) is 43.0 Å². The Labute approximate surface area is 308 Å². The largest absolute Gasteiger partial charge is 0.457 e. The van der Waals surface area contributed by atoms with E-state index in [2.05, 4.69) is 19.2 Å². The van der Waals surface area contributed by atoms with E-state index in [4.69, 9.17) is 9.84 Å². The molecule has 11 heteroatoms. The maximum atomic E-state index is 14.4. The molecule has 274 valence electrons. The second-order valence-electron chi connectivity index (χ2n) is 13.2. The van der Waals surface area contributed by atoms with Gasteiger partial charge < -0.3 is 25.0 Å². The van der Waals surface area contributed by atoms with E-state index >= 15 is 0 Å². The molecular weight excluding hydrogens is 673 g/mol. The Morgan fingerprint density at radius 3 is 2.19 bits per heavy atom. The van der Waals surface area contributed by atoms with Crippen LogP contribution in [-0.4, -0.2) is 61.7 Å². The van der Waals surface area contributed by atoms with Crippen LogP contribution in [0.25, 0.3) is 5.69 Å².